The molecule has 0 aromatic heterocycles. The van der Waals surface area contributed by atoms with Crippen LogP contribution < -0.4 is 10.1 Å². The monoisotopic (exact) mass is 223 g/mol. The largest absolute Gasteiger partial charge is 0.497 e. The third-order valence-corrected chi connectivity index (χ3v) is 3.63. The molecule has 15 heavy (non-hydrogen) atoms. The molecule has 0 fully saturated rings. The van der Waals surface area contributed by atoms with E-state index in [0.717, 1.165) is 16.4 Å². The zero-order chi connectivity index (χ0) is 10.8. The lowest BCUT2D eigenvalue weighted by molar-refractivity contribution is 0.0942. The third-order valence-electron chi connectivity index (χ3n) is 2.30. The van der Waals surface area contributed by atoms with Crippen molar-refractivity contribution in [1.29, 1.82) is 0 Å². The molecular formula is C11H13NO2S. The van der Waals surface area contributed by atoms with Crippen LogP contribution in [0.4, 0.5) is 0 Å². The van der Waals surface area contributed by atoms with Gasteiger partial charge in [0.05, 0.1) is 12.7 Å². The fraction of sp³-hybridized carbons (Fsp3) is 0.364. The van der Waals surface area contributed by atoms with Crippen molar-refractivity contribution in [2.45, 2.75) is 17.9 Å². The number of benzene rings is 1. The normalized spacial score (nSPS) is 20.1. The van der Waals surface area contributed by atoms with E-state index in [4.69, 9.17) is 4.74 Å². The van der Waals surface area contributed by atoms with E-state index < -0.39 is 0 Å². The summed E-state index contributed by atoms with van der Waals surface area (Å²) in [5.41, 5.74) is 0.712. The van der Waals surface area contributed by atoms with Gasteiger partial charge in [0.15, 0.2) is 0 Å². The van der Waals surface area contributed by atoms with Gasteiger partial charge in [0.25, 0.3) is 5.91 Å². The summed E-state index contributed by atoms with van der Waals surface area (Å²) in [5, 5.41) is 2.93. The highest BCUT2D eigenvalue weighted by atomic mass is 32.2. The summed E-state index contributed by atoms with van der Waals surface area (Å²) in [6.45, 7) is 2.01. The van der Waals surface area contributed by atoms with Gasteiger partial charge >= 0.3 is 0 Å². The van der Waals surface area contributed by atoms with Gasteiger partial charge in [-0.25, -0.2) is 0 Å². The van der Waals surface area contributed by atoms with Gasteiger partial charge in [0.2, 0.25) is 0 Å². The fourth-order valence-corrected chi connectivity index (χ4v) is 2.48. The van der Waals surface area contributed by atoms with Gasteiger partial charge in [-0.2, -0.15) is 0 Å². The van der Waals surface area contributed by atoms with Crippen molar-refractivity contribution in [2.75, 3.05) is 12.9 Å². The molecule has 1 amide bonds. The van der Waals surface area contributed by atoms with Crippen molar-refractivity contribution >= 4 is 17.7 Å². The maximum absolute atomic E-state index is 11.8. The number of fused-ring (bicyclic) bond motifs is 1. The molecular weight excluding hydrogens is 210 g/mol. The zero-order valence-corrected chi connectivity index (χ0v) is 9.56. The van der Waals surface area contributed by atoms with Crippen LogP contribution >= 0.6 is 11.8 Å². The minimum Gasteiger partial charge on any atom is -0.497 e. The van der Waals surface area contributed by atoms with Gasteiger partial charge in [0, 0.05) is 16.7 Å². The van der Waals surface area contributed by atoms with Gasteiger partial charge in [-0.05, 0) is 25.1 Å². The van der Waals surface area contributed by atoms with Gasteiger partial charge in [-0.3, -0.25) is 4.79 Å². The number of thioether (sulfide) groups is 1. The molecule has 0 saturated heterocycles. The number of rotatable bonds is 1. The van der Waals surface area contributed by atoms with E-state index in [1.54, 1.807) is 24.9 Å². The lowest BCUT2D eigenvalue weighted by Gasteiger charge is -2.07. The van der Waals surface area contributed by atoms with E-state index >= 15 is 0 Å². The lowest BCUT2D eigenvalue weighted by Crippen LogP contribution is -2.32. The van der Waals surface area contributed by atoms with Gasteiger partial charge in [-0.15, -0.1) is 11.8 Å². The average molecular weight is 223 g/mol. The van der Waals surface area contributed by atoms with E-state index in [-0.39, 0.29) is 11.9 Å². The molecule has 0 radical (unpaired) electrons. The summed E-state index contributed by atoms with van der Waals surface area (Å²) >= 11 is 1.70. The summed E-state index contributed by atoms with van der Waals surface area (Å²) in [5.74, 6) is 1.62. The Bertz CT molecular complexity index is 392. The molecule has 3 nitrogen and oxygen atoms in total. The number of methoxy groups -OCH3 is 1. The van der Waals surface area contributed by atoms with Crippen LogP contribution in [0, 0.1) is 0 Å². The average Bonchev–Trinajstić information content (AvgIpc) is 2.38. The minimum absolute atomic E-state index is 0.0126. The summed E-state index contributed by atoms with van der Waals surface area (Å²) in [6.07, 6.45) is 0. The molecule has 0 saturated carbocycles. The first kappa shape index (κ1) is 10.4. The van der Waals surface area contributed by atoms with Crippen LogP contribution in [0.2, 0.25) is 0 Å². The molecule has 0 aliphatic carbocycles. The molecule has 1 aliphatic rings. The van der Waals surface area contributed by atoms with Crippen molar-refractivity contribution in [1.82, 2.24) is 5.32 Å². The second-order valence-electron chi connectivity index (χ2n) is 3.55. The molecule has 1 aromatic rings. The van der Waals surface area contributed by atoms with Crippen molar-refractivity contribution in [3.8, 4) is 5.75 Å². The maximum Gasteiger partial charge on any atom is 0.252 e. The van der Waals surface area contributed by atoms with Crippen molar-refractivity contribution in [3.05, 3.63) is 23.8 Å². The number of ether oxygens (including phenoxy) is 1. The van der Waals surface area contributed by atoms with Crippen LogP contribution in [-0.4, -0.2) is 24.8 Å². The van der Waals surface area contributed by atoms with Crippen LogP contribution in [0.1, 0.15) is 17.3 Å². The summed E-state index contributed by atoms with van der Waals surface area (Å²) in [6, 6.07) is 5.82. The molecule has 0 spiro atoms. The highest BCUT2D eigenvalue weighted by Gasteiger charge is 2.19. The highest BCUT2D eigenvalue weighted by molar-refractivity contribution is 7.99. The second-order valence-corrected chi connectivity index (χ2v) is 4.61. The number of hydrogen-bond acceptors (Lipinski definition) is 3. The Labute approximate surface area is 93.2 Å². The first-order chi connectivity index (χ1) is 7.20. The van der Waals surface area contributed by atoms with E-state index in [1.807, 2.05) is 19.1 Å². The van der Waals surface area contributed by atoms with Crippen LogP contribution in [-0.2, 0) is 0 Å². The van der Waals surface area contributed by atoms with Crippen molar-refractivity contribution in [2.24, 2.45) is 0 Å². The molecule has 1 unspecified atom stereocenters. The number of hydrogen-bond donors (Lipinski definition) is 1. The SMILES string of the molecule is COc1ccc2c(c1)C(=O)NC(C)CS2. The molecule has 1 atom stereocenters. The van der Waals surface area contributed by atoms with E-state index in [0.29, 0.717) is 5.56 Å². The highest BCUT2D eigenvalue weighted by Crippen LogP contribution is 2.29. The van der Waals surface area contributed by atoms with Crippen LogP contribution in [0.15, 0.2) is 23.1 Å². The predicted molar refractivity (Wildman–Crippen MR) is 60.6 cm³/mol. The number of nitrogens with one attached hydrogen (secondary N) is 1. The van der Waals surface area contributed by atoms with Crippen LogP contribution in [0.3, 0.4) is 0 Å². The van der Waals surface area contributed by atoms with Crippen LogP contribution in [0.25, 0.3) is 0 Å². The predicted octanol–water partition coefficient (Wildman–Crippen LogP) is 1.92. The first-order valence-electron chi connectivity index (χ1n) is 4.82. The second kappa shape index (κ2) is 4.14. The Morgan fingerprint density at radius 2 is 2.33 bits per heavy atom. The molecule has 80 valence electrons. The van der Waals surface area contributed by atoms with E-state index in [9.17, 15) is 4.79 Å². The molecule has 1 aliphatic heterocycles. The number of carbonyl (C=O) groups excluding carboxylic acids is 1. The Morgan fingerprint density at radius 3 is 3.07 bits per heavy atom. The summed E-state index contributed by atoms with van der Waals surface area (Å²) in [7, 11) is 1.60. The van der Waals surface area contributed by atoms with Gasteiger partial charge in [0.1, 0.15) is 5.75 Å². The van der Waals surface area contributed by atoms with E-state index in [2.05, 4.69) is 5.32 Å². The molecule has 1 heterocycles. The molecule has 1 N–H and O–H groups in total. The quantitative estimate of drug-likeness (QED) is 0.790. The number of carbonyl (C=O) groups is 1. The van der Waals surface area contributed by atoms with Gasteiger partial charge < -0.3 is 10.1 Å². The molecule has 0 bridgehead atoms. The van der Waals surface area contributed by atoms with E-state index in [1.165, 1.54) is 0 Å². The smallest absolute Gasteiger partial charge is 0.252 e. The van der Waals surface area contributed by atoms with Gasteiger partial charge in [-0.1, -0.05) is 0 Å². The summed E-state index contributed by atoms with van der Waals surface area (Å²) < 4.78 is 5.11. The maximum atomic E-state index is 11.8. The Kier molecular flexibility index (Phi) is 2.86. The third kappa shape index (κ3) is 2.09. The Morgan fingerprint density at radius 1 is 1.53 bits per heavy atom. The first-order valence-corrected chi connectivity index (χ1v) is 5.81. The minimum atomic E-state index is -0.0126. The topological polar surface area (TPSA) is 38.3 Å². The standard InChI is InChI=1S/C11H13NO2S/c1-7-6-15-10-4-3-8(14-2)5-9(10)11(13)12-7/h3-5,7H,6H2,1-2H3,(H,12,13). The van der Waals surface area contributed by atoms with Crippen LogP contribution in [0.5, 0.6) is 5.75 Å². The zero-order valence-electron chi connectivity index (χ0n) is 8.74. The molecule has 4 heteroatoms. The Hall–Kier alpha value is -1.16. The lowest BCUT2D eigenvalue weighted by atomic mass is 10.2. The summed E-state index contributed by atoms with van der Waals surface area (Å²) in [4.78, 5) is 12.8. The Balaban J connectivity index is 2.41. The van der Waals surface area contributed by atoms with Crippen molar-refractivity contribution < 1.29 is 9.53 Å². The van der Waals surface area contributed by atoms with Crippen molar-refractivity contribution in [3.63, 3.8) is 0 Å². The molecule has 2 rings (SSSR count). The molecule has 1 aromatic carbocycles. The fourth-order valence-electron chi connectivity index (χ4n) is 1.50. The number of amides is 1.